The fourth-order valence-electron chi connectivity index (χ4n) is 2.37. The first-order valence-electron chi connectivity index (χ1n) is 6.58. The number of rotatable bonds is 4. The molecule has 0 saturated carbocycles. The fourth-order valence-corrected chi connectivity index (χ4v) is 2.37. The zero-order valence-electron chi connectivity index (χ0n) is 11.6. The van der Waals surface area contributed by atoms with Gasteiger partial charge in [-0.3, -0.25) is 10.1 Å². The number of piperidine rings is 1. The lowest BCUT2D eigenvalue weighted by atomic mass is 10.0. The predicted molar refractivity (Wildman–Crippen MR) is 75.9 cm³/mol. The van der Waals surface area contributed by atoms with Gasteiger partial charge in [0, 0.05) is 37.0 Å². The van der Waals surface area contributed by atoms with Crippen LogP contribution in [0.1, 0.15) is 12.8 Å². The van der Waals surface area contributed by atoms with E-state index >= 15 is 0 Å². The highest BCUT2D eigenvalue weighted by Crippen LogP contribution is 2.30. The lowest BCUT2D eigenvalue weighted by molar-refractivity contribution is -0.385. The zero-order chi connectivity index (χ0) is 15.4. The number of anilines is 1. The molecule has 114 valence electrons. The molecule has 1 amide bonds. The number of amides is 1. The molecular weight excluding hydrogens is 278 g/mol. The minimum atomic E-state index is -0.898. The fraction of sp³-hybridized carbons (Fsp3) is 0.462. The molecule has 0 aliphatic carbocycles. The molecule has 1 aliphatic heterocycles. The molecule has 0 unspecified atom stereocenters. The molecule has 0 aromatic heterocycles. The summed E-state index contributed by atoms with van der Waals surface area (Å²) < 4.78 is 5.02. The van der Waals surface area contributed by atoms with Gasteiger partial charge in [-0.05, 0) is 18.9 Å². The summed E-state index contributed by atoms with van der Waals surface area (Å²) in [5.74, 6) is 0.202. The topological polar surface area (TPSA) is 105 Å². The van der Waals surface area contributed by atoms with Gasteiger partial charge in [0.15, 0.2) is 5.75 Å². The van der Waals surface area contributed by atoms with E-state index in [1.165, 1.54) is 18.1 Å². The number of nitro groups is 1. The van der Waals surface area contributed by atoms with E-state index in [9.17, 15) is 14.9 Å². The van der Waals surface area contributed by atoms with Gasteiger partial charge in [0.05, 0.1) is 12.0 Å². The summed E-state index contributed by atoms with van der Waals surface area (Å²) in [6.07, 6.45) is 0.502. The van der Waals surface area contributed by atoms with E-state index in [2.05, 4.69) is 5.32 Å². The van der Waals surface area contributed by atoms with E-state index < -0.39 is 11.0 Å². The van der Waals surface area contributed by atoms with Gasteiger partial charge < -0.3 is 20.1 Å². The quantitative estimate of drug-likeness (QED) is 0.651. The first kappa shape index (κ1) is 14.9. The predicted octanol–water partition coefficient (Wildman–Crippen LogP) is 2.16. The van der Waals surface area contributed by atoms with Crippen LogP contribution in [0.3, 0.4) is 0 Å². The van der Waals surface area contributed by atoms with E-state index in [0.717, 1.165) is 5.69 Å². The van der Waals surface area contributed by atoms with Crippen molar-refractivity contribution in [3.63, 3.8) is 0 Å². The van der Waals surface area contributed by atoms with Gasteiger partial charge in [-0.2, -0.15) is 0 Å². The second-order valence-corrected chi connectivity index (χ2v) is 4.83. The highest BCUT2D eigenvalue weighted by molar-refractivity contribution is 5.65. The molecule has 1 aromatic rings. The van der Waals surface area contributed by atoms with Gasteiger partial charge >= 0.3 is 11.8 Å². The van der Waals surface area contributed by atoms with Gasteiger partial charge in [-0.15, -0.1) is 0 Å². The highest BCUT2D eigenvalue weighted by Gasteiger charge is 2.23. The normalized spacial score (nSPS) is 15.6. The number of hydrogen-bond donors (Lipinski definition) is 2. The SMILES string of the molecule is COc1cc(NC2CCN(C(=O)O)CC2)ccc1[N+](=O)[O-]. The van der Waals surface area contributed by atoms with Crippen molar-refractivity contribution in [2.24, 2.45) is 0 Å². The molecule has 2 N–H and O–H groups in total. The van der Waals surface area contributed by atoms with Crippen LogP contribution in [0.25, 0.3) is 0 Å². The van der Waals surface area contributed by atoms with E-state index in [4.69, 9.17) is 9.84 Å². The molecule has 1 heterocycles. The Morgan fingerprint density at radius 2 is 2.14 bits per heavy atom. The third-order valence-corrected chi connectivity index (χ3v) is 3.51. The maximum atomic E-state index is 10.8. The molecule has 0 bridgehead atoms. The summed E-state index contributed by atoms with van der Waals surface area (Å²) in [4.78, 5) is 22.5. The number of likely N-dealkylation sites (tertiary alicyclic amines) is 1. The second-order valence-electron chi connectivity index (χ2n) is 4.83. The number of hydrogen-bond acceptors (Lipinski definition) is 5. The lowest BCUT2D eigenvalue weighted by Crippen LogP contribution is -2.41. The van der Waals surface area contributed by atoms with Crippen LogP contribution >= 0.6 is 0 Å². The molecule has 0 radical (unpaired) electrons. The zero-order valence-corrected chi connectivity index (χ0v) is 11.6. The number of carbonyl (C=O) groups is 1. The Hall–Kier alpha value is -2.51. The van der Waals surface area contributed by atoms with Crippen LogP contribution in [0.2, 0.25) is 0 Å². The molecule has 1 aliphatic rings. The smallest absolute Gasteiger partial charge is 0.407 e. The first-order valence-corrected chi connectivity index (χ1v) is 6.58. The summed E-state index contributed by atoms with van der Waals surface area (Å²) in [7, 11) is 1.39. The molecule has 2 rings (SSSR count). The number of benzene rings is 1. The summed E-state index contributed by atoms with van der Waals surface area (Å²) in [6.45, 7) is 0.967. The Morgan fingerprint density at radius 3 is 2.67 bits per heavy atom. The van der Waals surface area contributed by atoms with Crippen LogP contribution in [-0.4, -0.2) is 47.3 Å². The second kappa shape index (κ2) is 6.29. The molecule has 8 nitrogen and oxygen atoms in total. The van der Waals surface area contributed by atoms with Crippen molar-refractivity contribution in [2.45, 2.75) is 18.9 Å². The monoisotopic (exact) mass is 295 g/mol. The summed E-state index contributed by atoms with van der Waals surface area (Å²) >= 11 is 0. The Kier molecular flexibility index (Phi) is 4.46. The molecule has 1 fully saturated rings. The van der Waals surface area contributed by atoms with Crippen LogP contribution in [0.4, 0.5) is 16.2 Å². The molecule has 21 heavy (non-hydrogen) atoms. The van der Waals surface area contributed by atoms with E-state index in [1.54, 1.807) is 12.1 Å². The number of carboxylic acid groups (broad SMARTS) is 1. The minimum absolute atomic E-state index is 0.0799. The van der Waals surface area contributed by atoms with Crippen molar-refractivity contribution in [3.8, 4) is 5.75 Å². The van der Waals surface area contributed by atoms with Crippen LogP contribution in [-0.2, 0) is 0 Å². The van der Waals surface area contributed by atoms with Gasteiger partial charge in [0.1, 0.15) is 0 Å². The summed E-state index contributed by atoms with van der Waals surface area (Å²) in [5, 5.41) is 23.0. The van der Waals surface area contributed by atoms with Crippen molar-refractivity contribution in [1.82, 2.24) is 4.90 Å². The van der Waals surface area contributed by atoms with Crippen LogP contribution in [0, 0.1) is 10.1 Å². The van der Waals surface area contributed by atoms with Crippen LogP contribution in [0.15, 0.2) is 18.2 Å². The molecule has 1 aromatic carbocycles. The average Bonchev–Trinajstić information content (AvgIpc) is 2.47. The van der Waals surface area contributed by atoms with Gasteiger partial charge in [-0.1, -0.05) is 0 Å². The van der Waals surface area contributed by atoms with Crippen molar-refractivity contribution in [2.75, 3.05) is 25.5 Å². The highest BCUT2D eigenvalue weighted by atomic mass is 16.6. The third-order valence-electron chi connectivity index (χ3n) is 3.51. The molecule has 1 saturated heterocycles. The minimum Gasteiger partial charge on any atom is -0.490 e. The number of ether oxygens (including phenoxy) is 1. The van der Waals surface area contributed by atoms with Gasteiger partial charge in [-0.25, -0.2) is 4.79 Å². The van der Waals surface area contributed by atoms with E-state index in [-0.39, 0.29) is 17.5 Å². The largest absolute Gasteiger partial charge is 0.490 e. The summed E-state index contributed by atoms with van der Waals surface area (Å²) in [5.41, 5.74) is 0.648. The molecule has 0 atom stereocenters. The Balaban J connectivity index is 2.01. The van der Waals surface area contributed by atoms with E-state index in [0.29, 0.717) is 25.9 Å². The van der Waals surface area contributed by atoms with Crippen molar-refractivity contribution >= 4 is 17.5 Å². The van der Waals surface area contributed by atoms with Gasteiger partial charge in [0.25, 0.3) is 0 Å². The van der Waals surface area contributed by atoms with E-state index in [1.807, 2.05) is 0 Å². The van der Waals surface area contributed by atoms with Crippen molar-refractivity contribution < 1.29 is 19.6 Å². The first-order chi connectivity index (χ1) is 10.0. The number of nitrogens with one attached hydrogen (secondary N) is 1. The van der Waals surface area contributed by atoms with Crippen molar-refractivity contribution in [1.29, 1.82) is 0 Å². The molecular formula is C13H17N3O5. The molecule has 0 spiro atoms. The Labute approximate surface area is 121 Å². The standard InChI is InChI=1S/C13H17N3O5/c1-21-12-8-10(2-3-11(12)16(19)20)14-9-4-6-15(7-5-9)13(17)18/h2-3,8-9,14H,4-7H2,1H3,(H,17,18). The number of nitrogens with zero attached hydrogens (tertiary/aromatic N) is 2. The average molecular weight is 295 g/mol. The Morgan fingerprint density at radius 1 is 1.48 bits per heavy atom. The summed E-state index contributed by atoms with van der Waals surface area (Å²) in [6, 6.07) is 4.76. The van der Waals surface area contributed by atoms with Crippen molar-refractivity contribution in [3.05, 3.63) is 28.3 Å². The van der Waals surface area contributed by atoms with Gasteiger partial charge in [0.2, 0.25) is 0 Å². The maximum Gasteiger partial charge on any atom is 0.407 e. The van der Waals surface area contributed by atoms with Crippen LogP contribution in [0.5, 0.6) is 5.75 Å². The Bertz CT molecular complexity index is 541. The van der Waals surface area contributed by atoms with Crippen LogP contribution < -0.4 is 10.1 Å². The number of nitro benzene ring substituents is 1. The maximum absolute atomic E-state index is 10.8. The molecule has 8 heteroatoms. The number of methoxy groups -OCH3 is 1. The third kappa shape index (κ3) is 3.53. The lowest BCUT2D eigenvalue weighted by Gasteiger charge is -2.31.